The number of carbonyl (C=O) groups is 1. The monoisotopic (exact) mass is 247 g/mol. The molecule has 0 saturated heterocycles. The van der Waals surface area contributed by atoms with Crippen molar-refractivity contribution in [3.8, 4) is 0 Å². The molecule has 0 heterocycles. The minimum atomic E-state index is -5.19. The van der Waals surface area contributed by atoms with E-state index in [4.69, 9.17) is 5.73 Å². The Labute approximate surface area is 87.7 Å². The molecule has 0 bridgehead atoms. The van der Waals surface area contributed by atoms with Crippen molar-refractivity contribution in [3.05, 3.63) is 0 Å². The predicted octanol–water partition coefficient (Wildman–Crippen LogP) is 1.61. The molecule has 0 spiro atoms. The highest BCUT2D eigenvalue weighted by Crippen LogP contribution is 2.34. The highest BCUT2D eigenvalue weighted by Gasteiger charge is 2.49. The molecule has 0 aromatic heterocycles. The van der Waals surface area contributed by atoms with E-state index in [0.29, 0.717) is 0 Å². The summed E-state index contributed by atoms with van der Waals surface area (Å²) in [6.07, 6.45) is -7.40. The van der Waals surface area contributed by atoms with Gasteiger partial charge in [-0.1, -0.05) is 0 Å². The highest BCUT2D eigenvalue weighted by atomic mass is 19.4. The molecule has 94 valence electrons. The first-order chi connectivity index (χ1) is 7.14. The maximum absolute atomic E-state index is 13.0. The Kier molecular flexibility index (Phi) is 3.41. The maximum Gasteiger partial charge on any atom is 0.490 e. The molecular formula is C8H10F5NO2. The summed E-state index contributed by atoms with van der Waals surface area (Å²) in [5.74, 6) is -5.78. The zero-order chi connectivity index (χ0) is 12.6. The summed E-state index contributed by atoms with van der Waals surface area (Å²) in [5, 5.41) is 0. The van der Waals surface area contributed by atoms with E-state index in [-0.39, 0.29) is 12.8 Å². The van der Waals surface area contributed by atoms with Crippen LogP contribution in [0.2, 0.25) is 0 Å². The molecule has 0 unspecified atom stereocenters. The van der Waals surface area contributed by atoms with E-state index in [0.717, 1.165) is 0 Å². The number of ether oxygens (including phenoxy) is 1. The third-order valence-electron chi connectivity index (χ3n) is 2.38. The van der Waals surface area contributed by atoms with Gasteiger partial charge in [0, 0.05) is 6.42 Å². The summed E-state index contributed by atoms with van der Waals surface area (Å²) in [7, 11) is 0. The normalized spacial score (nSPS) is 29.9. The van der Waals surface area contributed by atoms with Gasteiger partial charge in [0.25, 0.3) is 5.92 Å². The Hall–Kier alpha value is -0.920. The number of carbonyl (C=O) groups excluding carboxylic acids is 1. The number of halogens is 5. The second kappa shape index (κ2) is 4.15. The molecule has 2 N–H and O–H groups in total. The molecule has 8 heteroatoms. The Morgan fingerprint density at radius 2 is 1.94 bits per heavy atom. The van der Waals surface area contributed by atoms with Crippen molar-refractivity contribution in [2.75, 3.05) is 0 Å². The molecule has 0 aromatic carbocycles. The lowest BCUT2D eigenvalue weighted by atomic mass is 9.89. The van der Waals surface area contributed by atoms with Crippen molar-refractivity contribution in [2.45, 2.75) is 43.5 Å². The van der Waals surface area contributed by atoms with Gasteiger partial charge in [-0.3, -0.25) is 0 Å². The largest absolute Gasteiger partial charge is 0.490 e. The molecular weight excluding hydrogens is 237 g/mol. The zero-order valence-corrected chi connectivity index (χ0v) is 8.06. The van der Waals surface area contributed by atoms with Crippen LogP contribution in [0.15, 0.2) is 0 Å². The Bertz CT molecular complexity index is 278. The summed E-state index contributed by atoms with van der Waals surface area (Å²) in [6, 6.07) is -1.88. The van der Waals surface area contributed by atoms with E-state index < -0.39 is 36.6 Å². The maximum atomic E-state index is 13.0. The van der Waals surface area contributed by atoms with E-state index in [1.165, 1.54) is 0 Å². The van der Waals surface area contributed by atoms with Gasteiger partial charge in [-0.05, 0) is 12.8 Å². The quantitative estimate of drug-likeness (QED) is 0.565. The van der Waals surface area contributed by atoms with E-state index in [1.807, 2.05) is 0 Å². The van der Waals surface area contributed by atoms with Gasteiger partial charge >= 0.3 is 12.1 Å². The number of rotatable bonds is 1. The average Bonchev–Trinajstić information content (AvgIpc) is 2.11. The van der Waals surface area contributed by atoms with Crippen LogP contribution < -0.4 is 5.73 Å². The fourth-order valence-electron chi connectivity index (χ4n) is 1.49. The number of hydrogen-bond donors (Lipinski definition) is 1. The SMILES string of the molecule is N[C@H]1[C@@H](OC(=O)C(F)(F)F)CCCC1(F)F. The minimum absolute atomic E-state index is 0.0312. The molecule has 0 aliphatic heterocycles. The van der Waals surface area contributed by atoms with Crippen LogP contribution in [0.4, 0.5) is 22.0 Å². The van der Waals surface area contributed by atoms with Gasteiger partial charge in [-0.15, -0.1) is 0 Å². The molecule has 1 saturated carbocycles. The fraction of sp³-hybridized carbons (Fsp3) is 0.875. The fourth-order valence-corrected chi connectivity index (χ4v) is 1.49. The topological polar surface area (TPSA) is 52.3 Å². The third-order valence-corrected chi connectivity index (χ3v) is 2.38. The lowest BCUT2D eigenvalue weighted by Crippen LogP contribution is -2.54. The van der Waals surface area contributed by atoms with Crippen LogP contribution in [-0.4, -0.2) is 30.2 Å². The zero-order valence-electron chi connectivity index (χ0n) is 8.06. The average molecular weight is 247 g/mol. The molecule has 1 rings (SSSR count). The van der Waals surface area contributed by atoms with Crippen LogP contribution in [0.3, 0.4) is 0 Å². The number of hydrogen-bond acceptors (Lipinski definition) is 3. The summed E-state index contributed by atoms with van der Waals surface area (Å²) < 4.78 is 65.4. The first-order valence-electron chi connectivity index (χ1n) is 4.56. The smallest absolute Gasteiger partial charge is 0.454 e. The molecule has 0 amide bonds. The lowest BCUT2D eigenvalue weighted by molar-refractivity contribution is -0.212. The predicted molar refractivity (Wildman–Crippen MR) is 42.7 cm³/mol. The van der Waals surface area contributed by atoms with Crippen LogP contribution in [0.25, 0.3) is 0 Å². The van der Waals surface area contributed by atoms with Gasteiger partial charge in [-0.25, -0.2) is 13.6 Å². The van der Waals surface area contributed by atoms with E-state index >= 15 is 0 Å². The van der Waals surface area contributed by atoms with E-state index in [1.54, 1.807) is 0 Å². The van der Waals surface area contributed by atoms with Crippen molar-refractivity contribution in [2.24, 2.45) is 5.73 Å². The molecule has 0 aromatic rings. The van der Waals surface area contributed by atoms with Gasteiger partial charge in [0.1, 0.15) is 12.1 Å². The van der Waals surface area contributed by atoms with Gasteiger partial charge in [0.05, 0.1) is 0 Å². The van der Waals surface area contributed by atoms with Crippen LogP contribution >= 0.6 is 0 Å². The lowest BCUT2D eigenvalue weighted by Gasteiger charge is -2.34. The van der Waals surface area contributed by atoms with Crippen LogP contribution in [0, 0.1) is 0 Å². The Morgan fingerprint density at radius 1 is 1.38 bits per heavy atom. The third kappa shape index (κ3) is 2.81. The van der Waals surface area contributed by atoms with Crippen molar-refractivity contribution < 1.29 is 31.5 Å². The van der Waals surface area contributed by atoms with Gasteiger partial charge in [0.2, 0.25) is 0 Å². The first-order valence-corrected chi connectivity index (χ1v) is 4.56. The van der Waals surface area contributed by atoms with Crippen molar-refractivity contribution in [3.63, 3.8) is 0 Å². The molecule has 16 heavy (non-hydrogen) atoms. The minimum Gasteiger partial charge on any atom is -0.454 e. The van der Waals surface area contributed by atoms with E-state index in [2.05, 4.69) is 4.74 Å². The van der Waals surface area contributed by atoms with Crippen LogP contribution in [0.1, 0.15) is 19.3 Å². The number of esters is 1. The summed E-state index contributed by atoms with van der Waals surface area (Å²) >= 11 is 0. The van der Waals surface area contributed by atoms with Crippen molar-refractivity contribution in [1.82, 2.24) is 0 Å². The van der Waals surface area contributed by atoms with Gasteiger partial charge in [-0.2, -0.15) is 13.2 Å². The molecule has 1 fully saturated rings. The Morgan fingerprint density at radius 3 is 2.44 bits per heavy atom. The van der Waals surface area contributed by atoms with Gasteiger partial charge in [0.15, 0.2) is 0 Å². The molecule has 2 atom stereocenters. The van der Waals surface area contributed by atoms with Crippen molar-refractivity contribution in [1.29, 1.82) is 0 Å². The summed E-state index contributed by atoms with van der Waals surface area (Å²) in [4.78, 5) is 10.4. The van der Waals surface area contributed by atoms with Gasteiger partial charge < -0.3 is 10.5 Å². The van der Waals surface area contributed by atoms with Crippen molar-refractivity contribution >= 4 is 5.97 Å². The summed E-state index contributed by atoms with van der Waals surface area (Å²) in [5.41, 5.74) is 5.05. The molecule has 1 aliphatic carbocycles. The number of nitrogens with two attached hydrogens (primary N) is 1. The number of alkyl halides is 5. The Balaban J connectivity index is 2.65. The molecule has 0 radical (unpaired) electrons. The van der Waals surface area contributed by atoms with Crippen LogP contribution in [-0.2, 0) is 9.53 Å². The molecule has 1 aliphatic rings. The standard InChI is InChI=1S/C8H10F5NO2/c9-7(10)3-1-2-4(5(7)14)16-6(15)8(11,12)13/h4-5H,1-3,14H2/t4-,5-/m0/s1. The van der Waals surface area contributed by atoms with Crippen LogP contribution in [0.5, 0.6) is 0 Å². The van der Waals surface area contributed by atoms with E-state index in [9.17, 15) is 26.7 Å². The second-order valence-corrected chi connectivity index (χ2v) is 3.62. The highest BCUT2D eigenvalue weighted by molar-refractivity contribution is 5.75. The second-order valence-electron chi connectivity index (χ2n) is 3.62. The summed E-state index contributed by atoms with van der Waals surface area (Å²) in [6.45, 7) is 0. The first kappa shape index (κ1) is 13.1. The molecule has 3 nitrogen and oxygen atoms in total.